The summed E-state index contributed by atoms with van der Waals surface area (Å²) in [5.74, 6) is -0.187. The maximum absolute atomic E-state index is 12.9. The van der Waals surface area contributed by atoms with Crippen molar-refractivity contribution in [3.05, 3.63) is 35.6 Å². The van der Waals surface area contributed by atoms with Crippen molar-refractivity contribution in [1.29, 1.82) is 0 Å². The molecule has 98 valence electrons. The molecule has 2 aliphatic rings. The fourth-order valence-corrected chi connectivity index (χ4v) is 3.19. The zero-order valence-corrected chi connectivity index (χ0v) is 10.6. The van der Waals surface area contributed by atoms with E-state index in [0.717, 1.165) is 25.3 Å². The Labute approximate surface area is 108 Å². The summed E-state index contributed by atoms with van der Waals surface area (Å²) in [5, 5.41) is 3.52. The summed E-state index contributed by atoms with van der Waals surface area (Å²) in [6, 6.07) is 6.67. The Balaban J connectivity index is 1.70. The van der Waals surface area contributed by atoms with Crippen molar-refractivity contribution in [3.63, 3.8) is 0 Å². The predicted octanol–water partition coefficient (Wildman–Crippen LogP) is 3.05. The van der Waals surface area contributed by atoms with E-state index >= 15 is 0 Å². The highest BCUT2D eigenvalue weighted by atomic mass is 19.1. The lowest BCUT2D eigenvalue weighted by Crippen LogP contribution is -2.32. The van der Waals surface area contributed by atoms with Crippen LogP contribution in [-0.2, 0) is 4.74 Å². The summed E-state index contributed by atoms with van der Waals surface area (Å²) < 4.78 is 19.0. The molecule has 1 spiro atoms. The van der Waals surface area contributed by atoms with E-state index in [1.54, 1.807) is 0 Å². The van der Waals surface area contributed by atoms with Gasteiger partial charge in [0, 0.05) is 18.5 Å². The summed E-state index contributed by atoms with van der Waals surface area (Å²) >= 11 is 0. The van der Waals surface area contributed by atoms with E-state index in [-0.39, 0.29) is 11.9 Å². The molecular formula is C15H20FNO. The zero-order chi connectivity index (χ0) is 12.4. The smallest absolute Gasteiger partial charge is 0.123 e. The molecule has 3 rings (SSSR count). The Morgan fingerprint density at radius 2 is 1.89 bits per heavy atom. The summed E-state index contributed by atoms with van der Waals surface area (Å²) in [6.45, 7) is 2.72. The molecule has 0 radical (unpaired) electrons. The molecule has 1 saturated heterocycles. The van der Waals surface area contributed by atoms with Crippen LogP contribution in [0.5, 0.6) is 0 Å². The van der Waals surface area contributed by atoms with E-state index in [1.165, 1.54) is 37.8 Å². The van der Waals surface area contributed by atoms with Crippen LogP contribution in [0.3, 0.4) is 0 Å². The van der Waals surface area contributed by atoms with Crippen LogP contribution in [0.15, 0.2) is 24.3 Å². The van der Waals surface area contributed by atoms with Crippen LogP contribution in [0.1, 0.15) is 37.4 Å². The average Bonchev–Trinajstić information content (AvgIpc) is 2.73. The second-order valence-corrected chi connectivity index (χ2v) is 5.69. The van der Waals surface area contributed by atoms with Crippen LogP contribution >= 0.6 is 0 Å². The monoisotopic (exact) mass is 249 g/mol. The summed E-state index contributed by atoms with van der Waals surface area (Å²) in [5.41, 5.74) is 1.42. The highest BCUT2D eigenvalue weighted by molar-refractivity contribution is 5.19. The molecule has 1 heterocycles. The standard InChI is InChI=1S/C15H20FNO/c16-13-5-3-12(4-6-13)14-9-17-10-15(11-18-14)7-1-2-8-15/h3-6,14,17H,1-2,7-11H2. The average molecular weight is 249 g/mol. The van der Waals surface area contributed by atoms with Crippen LogP contribution < -0.4 is 5.32 Å². The van der Waals surface area contributed by atoms with E-state index in [2.05, 4.69) is 5.32 Å². The minimum atomic E-state index is -0.187. The van der Waals surface area contributed by atoms with Gasteiger partial charge in [0.05, 0.1) is 12.7 Å². The Hall–Kier alpha value is -0.930. The van der Waals surface area contributed by atoms with Crippen LogP contribution in [0.2, 0.25) is 0 Å². The third kappa shape index (κ3) is 2.43. The molecule has 2 nitrogen and oxygen atoms in total. The number of nitrogens with one attached hydrogen (secondary N) is 1. The molecule has 18 heavy (non-hydrogen) atoms. The second kappa shape index (κ2) is 4.98. The van der Waals surface area contributed by atoms with E-state index in [9.17, 15) is 4.39 Å². The highest BCUT2D eigenvalue weighted by Gasteiger charge is 2.36. The van der Waals surface area contributed by atoms with Crippen LogP contribution in [0.4, 0.5) is 4.39 Å². The van der Waals surface area contributed by atoms with Crippen LogP contribution in [0, 0.1) is 11.2 Å². The topological polar surface area (TPSA) is 21.3 Å². The van der Waals surface area contributed by atoms with E-state index in [4.69, 9.17) is 4.74 Å². The SMILES string of the molecule is Fc1ccc(C2CNCC3(CCCC3)CO2)cc1. The van der Waals surface area contributed by atoms with Gasteiger partial charge in [0.15, 0.2) is 0 Å². The fourth-order valence-electron chi connectivity index (χ4n) is 3.19. The van der Waals surface area contributed by atoms with Crippen molar-refractivity contribution in [1.82, 2.24) is 5.32 Å². The molecule has 1 aromatic carbocycles. The first-order valence-electron chi connectivity index (χ1n) is 6.85. The van der Waals surface area contributed by atoms with Gasteiger partial charge in [0.1, 0.15) is 5.82 Å². The van der Waals surface area contributed by atoms with Crippen molar-refractivity contribution >= 4 is 0 Å². The maximum Gasteiger partial charge on any atom is 0.123 e. The molecule has 2 fully saturated rings. The number of rotatable bonds is 1. The lowest BCUT2D eigenvalue weighted by molar-refractivity contribution is 0.0158. The molecule has 1 aliphatic heterocycles. The lowest BCUT2D eigenvalue weighted by atomic mass is 9.87. The van der Waals surface area contributed by atoms with E-state index in [0.29, 0.717) is 5.41 Å². The second-order valence-electron chi connectivity index (χ2n) is 5.69. The normalized spacial score (nSPS) is 27.3. The zero-order valence-electron chi connectivity index (χ0n) is 10.6. The van der Waals surface area contributed by atoms with Crippen LogP contribution in [-0.4, -0.2) is 19.7 Å². The van der Waals surface area contributed by atoms with Crippen molar-refractivity contribution in [2.24, 2.45) is 5.41 Å². The third-order valence-electron chi connectivity index (χ3n) is 4.33. The molecule has 0 amide bonds. The molecule has 3 heteroatoms. The fraction of sp³-hybridized carbons (Fsp3) is 0.600. The number of halogens is 1. The third-order valence-corrected chi connectivity index (χ3v) is 4.33. The van der Waals surface area contributed by atoms with Crippen molar-refractivity contribution in [2.75, 3.05) is 19.7 Å². The highest BCUT2D eigenvalue weighted by Crippen LogP contribution is 2.40. The number of hydrogen-bond acceptors (Lipinski definition) is 2. The summed E-state index contributed by atoms with van der Waals surface area (Å²) in [7, 11) is 0. The Morgan fingerprint density at radius 3 is 2.61 bits per heavy atom. The van der Waals surface area contributed by atoms with Gasteiger partial charge in [0.25, 0.3) is 0 Å². The molecule has 1 unspecified atom stereocenters. The number of hydrogen-bond donors (Lipinski definition) is 1. The largest absolute Gasteiger partial charge is 0.372 e. The first-order valence-corrected chi connectivity index (χ1v) is 6.85. The number of ether oxygens (including phenoxy) is 1. The van der Waals surface area contributed by atoms with Crippen LogP contribution in [0.25, 0.3) is 0 Å². The molecule has 1 atom stereocenters. The van der Waals surface area contributed by atoms with Crippen molar-refractivity contribution < 1.29 is 9.13 Å². The van der Waals surface area contributed by atoms with Gasteiger partial charge < -0.3 is 10.1 Å². The van der Waals surface area contributed by atoms with Gasteiger partial charge in [-0.2, -0.15) is 0 Å². The predicted molar refractivity (Wildman–Crippen MR) is 68.9 cm³/mol. The van der Waals surface area contributed by atoms with Gasteiger partial charge >= 0.3 is 0 Å². The molecular weight excluding hydrogens is 229 g/mol. The molecule has 1 aliphatic carbocycles. The van der Waals surface area contributed by atoms with Gasteiger partial charge in [0.2, 0.25) is 0 Å². The quantitative estimate of drug-likeness (QED) is 0.826. The maximum atomic E-state index is 12.9. The molecule has 1 aromatic rings. The molecule has 1 N–H and O–H groups in total. The van der Waals surface area contributed by atoms with Crippen molar-refractivity contribution in [3.8, 4) is 0 Å². The first-order chi connectivity index (χ1) is 8.77. The molecule has 1 saturated carbocycles. The van der Waals surface area contributed by atoms with E-state index in [1.807, 2.05) is 12.1 Å². The van der Waals surface area contributed by atoms with Gasteiger partial charge in [-0.3, -0.25) is 0 Å². The minimum absolute atomic E-state index is 0.0607. The lowest BCUT2D eigenvalue weighted by Gasteiger charge is -2.26. The molecule has 0 bridgehead atoms. The van der Waals surface area contributed by atoms with Gasteiger partial charge in [-0.05, 0) is 30.5 Å². The Kier molecular flexibility index (Phi) is 3.35. The Bertz CT molecular complexity index is 397. The molecule has 0 aromatic heterocycles. The van der Waals surface area contributed by atoms with E-state index < -0.39 is 0 Å². The Morgan fingerprint density at radius 1 is 1.17 bits per heavy atom. The van der Waals surface area contributed by atoms with Crippen molar-refractivity contribution in [2.45, 2.75) is 31.8 Å². The minimum Gasteiger partial charge on any atom is -0.372 e. The summed E-state index contributed by atoms with van der Waals surface area (Å²) in [6.07, 6.45) is 5.26. The first kappa shape index (κ1) is 12.1. The van der Waals surface area contributed by atoms with Gasteiger partial charge in [-0.15, -0.1) is 0 Å². The summed E-state index contributed by atoms with van der Waals surface area (Å²) in [4.78, 5) is 0. The van der Waals surface area contributed by atoms with Gasteiger partial charge in [-0.25, -0.2) is 4.39 Å². The van der Waals surface area contributed by atoms with Gasteiger partial charge in [-0.1, -0.05) is 25.0 Å². The number of benzene rings is 1.